The summed E-state index contributed by atoms with van der Waals surface area (Å²) in [4.78, 5) is 0. The molecule has 0 saturated carbocycles. The average molecular weight is 164 g/mol. The third kappa shape index (κ3) is 8.65. The molecular weight excluding hydrogens is 143 g/mol. The van der Waals surface area contributed by atoms with Crippen LogP contribution in [0.25, 0.3) is 0 Å². The molecule has 0 aliphatic heterocycles. The van der Waals surface area contributed by atoms with Gasteiger partial charge in [-0.2, -0.15) is 0 Å². The molecule has 1 nitrogen and oxygen atoms in total. The Bertz CT molecular complexity index is 100. The molecule has 0 aromatic rings. The molecule has 0 saturated heterocycles. The van der Waals surface area contributed by atoms with Crippen LogP contribution in [0, 0.1) is 5.92 Å². The maximum Gasteiger partial charge on any atom is 1.00 e. The molecule has 0 aliphatic rings. The van der Waals surface area contributed by atoms with Crippen LogP contribution in [0.15, 0.2) is 0 Å². The van der Waals surface area contributed by atoms with Crippen molar-refractivity contribution in [2.75, 3.05) is 0 Å². The van der Waals surface area contributed by atoms with Crippen LogP contribution in [0.4, 0.5) is 0 Å². The summed E-state index contributed by atoms with van der Waals surface area (Å²) in [5.74, 6) is 0.739. The Morgan fingerprint density at radius 1 is 1.33 bits per heavy atom. The van der Waals surface area contributed by atoms with Gasteiger partial charge in [0.25, 0.3) is 0 Å². The molecule has 0 N–H and O–H groups in total. The van der Waals surface area contributed by atoms with E-state index in [0.717, 1.165) is 25.2 Å². The first kappa shape index (κ1) is 15.0. The van der Waals surface area contributed by atoms with Gasteiger partial charge in [-0.1, -0.05) is 53.4 Å². The van der Waals surface area contributed by atoms with Gasteiger partial charge in [0.15, 0.2) is 0 Å². The molecule has 1 unspecified atom stereocenters. The van der Waals surface area contributed by atoms with E-state index in [-0.39, 0.29) is 18.9 Å². The summed E-state index contributed by atoms with van der Waals surface area (Å²) in [6, 6.07) is 0. The third-order valence-corrected chi connectivity index (χ3v) is 2.23. The van der Waals surface area contributed by atoms with E-state index in [4.69, 9.17) is 0 Å². The molecule has 0 spiro atoms. The van der Waals surface area contributed by atoms with Crippen LogP contribution >= 0.6 is 0 Å². The van der Waals surface area contributed by atoms with Gasteiger partial charge in [0.2, 0.25) is 0 Å². The molecule has 12 heavy (non-hydrogen) atoms. The van der Waals surface area contributed by atoms with Gasteiger partial charge in [-0.05, 0) is 5.92 Å². The number of hydrogen-bond acceptors (Lipinski definition) is 1. The summed E-state index contributed by atoms with van der Waals surface area (Å²) < 4.78 is 0. The largest absolute Gasteiger partial charge is 1.00 e. The van der Waals surface area contributed by atoms with Crippen molar-refractivity contribution >= 4 is 0 Å². The van der Waals surface area contributed by atoms with E-state index in [2.05, 4.69) is 13.8 Å². The molecule has 0 aromatic carbocycles. The molecular formula is C10H21LiO. The summed E-state index contributed by atoms with van der Waals surface area (Å²) in [6.45, 7) is 8.19. The van der Waals surface area contributed by atoms with E-state index >= 15 is 0 Å². The second-order valence-corrected chi connectivity index (χ2v) is 4.09. The Balaban J connectivity index is 0. The van der Waals surface area contributed by atoms with E-state index in [1.54, 1.807) is 0 Å². The van der Waals surface area contributed by atoms with Crippen LogP contribution in [0.5, 0.6) is 0 Å². The van der Waals surface area contributed by atoms with Gasteiger partial charge in [-0.25, -0.2) is 0 Å². The van der Waals surface area contributed by atoms with Gasteiger partial charge in [0, 0.05) is 0 Å². The van der Waals surface area contributed by atoms with Crippen LogP contribution in [-0.2, 0) is 0 Å². The van der Waals surface area contributed by atoms with Crippen molar-refractivity contribution in [1.29, 1.82) is 0 Å². The van der Waals surface area contributed by atoms with Gasteiger partial charge >= 0.3 is 18.9 Å². The first-order chi connectivity index (χ1) is 4.98. The Morgan fingerprint density at radius 3 is 2.17 bits per heavy atom. The van der Waals surface area contributed by atoms with Gasteiger partial charge in [0.1, 0.15) is 0 Å². The zero-order chi connectivity index (χ0) is 8.91. The topological polar surface area (TPSA) is 23.1 Å². The van der Waals surface area contributed by atoms with Crippen LogP contribution in [0.1, 0.15) is 53.4 Å². The molecule has 0 aromatic heterocycles. The summed E-state index contributed by atoms with van der Waals surface area (Å²) in [6.07, 6.45) is 3.87. The quantitative estimate of drug-likeness (QED) is 0.495. The molecule has 68 valence electrons. The van der Waals surface area contributed by atoms with Crippen LogP contribution < -0.4 is 24.0 Å². The SMILES string of the molecule is CCC(C)([O-])CCCC(C)C.[Li+]. The summed E-state index contributed by atoms with van der Waals surface area (Å²) in [5.41, 5.74) is -0.672. The smallest absolute Gasteiger partial charge is 0.850 e. The van der Waals surface area contributed by atoms with E-state index in [1.165, 1.54) is 6.42 Å². The predicted molar refractivity (Wildman–Crippen MR) is 47.4 cm³/mol. The Hall–Kier alpha value is 0.557. The normalized spacial score (nSPS) is 15.5. The Kier molecular flexibility index (Phi) is 8.79. The van der Waals surface area contributed by atoms with Crippen LogP contribution in [-0.4, -0.2) is 5.60 Å². The molecule has 0 bridgehead atoms. The number of hydrogen-bond donors (Lipinski definition) is 0. The first-order valence-corrected chi connectivity index (χ1v) is 4.68. The number of rotatable bonds is 5. The minimum atomic E-state index is -0.672. The molecule has 1 atom stereocenters. The maximum absolute atomic E-state index is 11.5. The minimum Gasteiger partial charge on any atom is -0.850 e. The van der Waals surface area contributed by atoms with Crippen molar-refractivity contribution in [3.63, 3.8) is 0 Å². The first-order valence-electron chi connectivity index (χ1n) is 4.68. The monoisotopic (exact) mass is 164 g/mol. The van der Waals surface area contributed by atoms with Crippen molar-refractivity contribution in [2.24, 2.45) is 5.92 Å². The second-order valence-electron chi connectivity index (χ2n) is 4.09. The Labute approximate surface area is 89.1 Å². The molecule has 0 amide bonds. The second kappa shape index (κ2) is 7.01. The van der Waals surface area contributed by atoms with E-state index < -0.39 is 5.60 Å². The van der Waals surface area contributed by atoms with Crippen molar-refractivity contribution in [3.05, 3.63) is 0 Å². The van der Waals surface area contributed by atoms with Gasteiger partial charge in [-0.15, -0.1) is 5.60 Å². The molecule has 2 heteroatoms. The molecule has 0 aliphatic carbocycles. The minimum absolute atomic E-state index is 0. The van der Waals surface area contributed by atoms with Crippen molar-refractivity contribution < 1.29 is 24.0 Å². The van der Waals surface area contributed by atoms with Crippen LogP contribution in [0.3, 0.4) is 0 Å². The van der Waals surface area contributed by atoms with E-state index in [9.17, 15) is 5.11 Å². The van der Waals surface area contributed by atoms with Crippen molar-refractivity contribution in [2.45, 2.75) is 59.0 Å². The predicted octanol–water partition coefficient (Wildman–Crippen LogP) is -0.654. The van der Waals surface area contributed by atoms with Gasteiger partial charge in [-0.3, -0.25) is 0 Å². The van der Waals surface area contributed by atoms with Gasteiger partial charge < -0.3 is 5.11 Å². The molecule has 0 fully saturated rings. The summed E-state index contributed by atoms with van der Waals surface area (Å²) >= 11 is 0. The fourth-order valence-corrected chi connectivity index (χ4v) is 1.06. The van der Waals surface area contributed by atoms with Gasteiger partial charge in [0.05, 0.1) is 0 Å². The third-order valence-electron chi connectivity index (χ3n) is 2.23. The van der Waals surface area contributed by atoms with Crippen molar-refractivity contribution in [1.82, 2.24) is 0 Å². The standard InChI is InChI=1S/C10H21O.Li/c1-5-10(4,11)8-6-7-9(2)3;/h9H,5-8H2,1-4H3;/q-1;+1. The zero-order valence-electron chi connectivity index (χ0n) is 9.31. The maximum atomic E-state index is 11.5. The van der Waals surface area contributed by atoms with Crippen molar-refractivity contribution in [3.8, 4) is 0 Å². The fourth-order valence-electron chi connectivity index (χ4n) is 1.06. The molecule has 0 radical (unpaired) electrons. The fraction of sp³-hybridized carbons (Fsp3) is 1.00. The van der Waals surface area contributed by atoms with E-state index in [1.807, 2.05) is 13.8 Å². The van der Waals surface area contributed by atoms with Crippen LogP contribution in [0.2, 0.25) is 0 Å². The summed E-state index contributed by atoms with van der Waals surface area (Å²) in [5, 5.41) is 11.5. The summed E-state index contributed by atoms with van der Waals surface area (Å²) in [7, 11) is 0. The zero-order valence-corrected chi connectivity index (χ0v) is 9.31. The molecule has 0 rings (SSSR count). The molecule has 0 heterocycles. The average Bonchev–Trinajstić information content (AvgIpc) is 1.87. The van der Waals surface area contributed by atoms with E-state index in [0.29, 0.717) is 0 Å². The Morgan fingerprint density at radius 2 is 1.83 bits per heavy atom.